The molecule has 0 aliphatic heterocycles. The fourth-order valence-corrected chi connectivity index (χ4v) is 12.6. The summed E-state index contributed by atoms with van der Waals surface area (Å²) in [6.07, 6.45) is 0. The lowest BCUT2D eigenvalue weighted by Gasteiger charge is -2.29. The molecule has 0 atom stereocenters. The Morgan fingerprint density at radius 1 is 0.531 bits per heavy atom. The van der Waals surface area contributed by atoms with Gasteiger partial charge in [0.1, 0.15) is 8.07 Å². The molecular formula is C23H42O6Si3. The summed E-state index contributed by atoms with van der Waals surface area (Å²) in [6, 6.07) is 10.5. The summed E-state index contributed by atoms with van der Waals surface area (Å²) in [5, 5.41) is 1.26. The number of hydrogen-bond acceptors (Lipinski definition) is 6. The van der Waals surface area contributed by atoms with E-state index in [1.54, 1.807) is 0 Å². The second kappa shape index (κ2) is 15.1. The minimum absolute atomic E-state index is 0.533. The summed E-state index contributed by atoms with van der Waals surface area (Å²) in [5.74, 6) is 0. The average molecular weight is 499 g/mol. The van der Waals surface area contributed by atoms with E-state index >= 15 is 0 Å². The van der Waals surface area contributed by atoms with Gasteiger partial charge in [0, 0.05) is 39.6 Å². The molecule has 32 heavy (non-hydrogen) atoms. The summed E-state index contributed by atoms with van der Waals surface area (Å²) in [4.78, 5) is 0. The smallest absolute Gasteiger partial charge is 0.371 e. The zero-order valence-corrected chi connectivity index (χ0v) is 23.9. The highest BCUT2D eigenvalue weighted by atomic mass is 28.4. The maximum absolute atomic E-state index is 6.04. The number of benzene rings is 1. The summed E-state index contributed by atoms with van der Waals surface area (Å²) in [6.45, 7) is 17.3. The zero-order valence-electron chi connectivity index (χ0n) is 20.9. The van der Waals surface area contributed by atoms with Crippen molar-refractivity contribution in [1.29, 1.82) is 0 Å². The van der Waals surface area contributed by atoms with E-state index in [1.165, 1.54) is 5.19 Å². The van der Waals surface area contributed by atoms with E-state index in [2.05, 4.69) is 53.6 Å². The molecule has 9 heteroatoms. The first-order chi connectivity index (χ1) is 15.4. The Hall–Kier alpha value is -0.889. The van der Waals surface area contributed by atoms with E-state index in [0.717, 1.165) is 0 Å². The lowest BCUT2D eigenvalue weighted by Crippen LogP contribution is -2.49. The molecule has 0 saturated carbocycles. The molecule has 0 aliphatic rings. The first-order valence-electron chi connectivity index (χ1n) is 11.7. The third-order valence-corrected chi connectivity index (χ3v) is 14.0. The summed E-state index contributed by atoms with van der Waals surface area (Å²) in [7, 11) is -8.13. The van der Waals surface area contributed by atoms with Crippen molar-refractivity contribution < 1.29 is 26.6 Å². The fourth-order valence-electron chi connectivity index (χ4n) is 3.34. The van der Waals surface area contributed by atoms with Crippen LogP contribution in [0.25, 0.3) is 0 Å². The molecule has 1 rings (SSSR count). The zero-order chi connectivity index (χ0) is 23.9. The molecule has 0 radical (unpaired) electrons. The van der Waals surface area contributed by atoms with Gasteiger partial charge in [-0.2, -0.15) is 0 Å². The minimum Gasteiger partial charge on any atom is -0.371 e. The van der Waals surface area contributed by atoms with Gasteiger partial charge in [-0.05, 0) is 52.9 Å². The molecule has 0 aromatic heterocycles. The van der Waals surface area contributed by atoms with Gasteiger partial charge in [-0.25, -0.2) is 0 Å². The Labute approximate surface area is 198 Å². The van der Waals surface area contributed by atoms with Crippen molar-refractivity contribution in [3.8, 4) is 0 Å². The lowest BCUT2D eigenvalue weighted by molar-refractivity contribution is 0.0836. The fraction of sp³-hybridized carbons (Fsp3) is 0.565. The van der Waals surface area contributed by atoms with E-state index in [9.17, 15) is 0 Å². The Morgan fingerprint density at radius 3 is 1.12 bits per heavy atom. The van der Waals surface area contributed by atoms with Crippen LogP contribution in [0.15, 0.2) is 53.1 Å². The summed E-state index contributed by atoms with van der Waals surface area (Å²) < 4.78 is 36.3. The second-order valence-corrected chi connectivity index (χ2v) is 15.7. The molecule has 1 aromatic rings. The van der Waals surface area contributed by atoms with Gasteiger partial charge in [0.15, 0.2) is 0 Å². The highest BCUT2D eigenvalue weighted by Crippen LogP contribution is 2.19. The molecule has 0 bridgehead atoms. The van der Waals surface area contributed by atoms with Gasteiger partial charge < -0.3 is 26.6 Å². The normalized spacial score (nSPS) is 15.0. The minimum atomic E-state index is -2.92. The standard InChI is InChI=1S/C23H42O6Si3/c1-8-24-31(25-9-2,26-10-3)21-19-30(7,23-17-15-14-16-18-23)20-22-32(27-11-4,28-12-5)29-13-6/h14-22H,8-13H2,1-7H3. The van der Waals surface area contributed by atoms with Crippen LogP contribution >= 0.6 is 0 Å². The van der Waals surface area contributed by atoms with Crippen molar-refractivity contribution in [1.82, 2.24) is 0 Å². The van der Waals surface area contributed by atoms with E-state index in [-0.39, 0.29) is 0 Å². The van der Waals surface area contributed by atoms with Crippen molar-refractivity contribution in [2.45, 2.75) is 48.1 Å². The van der Waals surface area contributed by atoms with Crippen LogP contribution < -0.4 is 5.19 Å². The third-order valence-electron chi connectivity index (χ3n) is 4.74. The first kappa shape index (κ1) is 29.1. The molecule has 0 unspecified atom stereocenters. The van der Waals surface area contributed by atoms with Crippen LogP contribution in [0.4, 0.5) is 0 Å². The summed E-state index contributed by atoms with van der Waals surface area (Å²) in [5.41, 5.74) is 8.60. The highest BCUT2D eigenvalue weighted by molar-refractivity contribution is 7.00. The summed E-state index contributed by atoms with van der Waals surface area (Å²) >= 11 is 0. The van der Waals surface area contributed by atoms with Gasteiger partial charge in [-0.3, -0.25) is 0 Å². The van der Waals surface area contributed by atoms with Crippen molar-refractivity contribution in [2.75, 3.05) is 39.6 Å². The van der Waals surface area contributed by atoms with Crippen LogP contribution in [0.5, 0.6) is 0 Å². The van der Waals surface area contributed by atoms with E-state index in [0.29, 0.717) is 39.6 Å². The second-order valence-electron chi connectivity index (χ2n) is 7.12. The Kier molecular flexibility index (Phi) is 13.7. The number of rotatable bonds is 17. The molecule has 1 aromatic carbocycles. The maximum atomic E-state index is 6.04. The van der Waals surface area contributed by atoms with Gasteiger partial charge >= 0.3 is 17.6 Å². The van der Waals surface area contributed by atoms with E-state index < -0.39 is 25.7 Å². The monoisotopic (exact) mass is 498 g/mol. The SMILES string of the molecule is CCO[Si](C=C[Si](C)(C=C[Si](OCC)(OCC)OCC)c1ccccc1)(OCC)OCC. The van der Waals surface area contributed by atoms with Crippen molar-refractivity contribution in [2.24, 2.45) is 0 Å². The van der Waals surface area contributed by atoms with Crippen molar-refractivity contribution in [3.63, 3.8) is 0 Å². The predicted molar refractivity (Wildman–Crippen MR) is 137 cm³/mol. The molecule has 182 valence electrons. The molecule has 0 N–H and O–H groups in total. The molecule has 0 spiro atoms. The Balaban J connectivity index is 3.50. The average Bonchev–Trinajstić information content (AvgIpc) is 2.78. The molecule has 0 amide bonds. The Bertz CT molecular complexity index is 614. The lowest BCUT2D eigenvalue weighted by atomic mass is 10.4. The van der Waals surface area contributed by atoms with E-state index in [1.807, 2.05) is 47.6 Å². The van der Waals surface area contributed by atoms with Crippen LogP contribution in [-0.2, 0) is 26.6 Å². The third kappa shape index (κ3) is 8.81. The molecule has 0 fully saturated rings. The van der Waals surface area contributed by atoms with Crippen molar-refractivity contribution in [3.05, 3.63) is 53.1 Å². The molecule has 0 saturated heterocycles. The largest absolute Gasteiger partial charge is 0.528 e. The van der Waals surface area contributed by atoms with Crippen LogP contribution in [0.1, 0.15) is 41.5 Å². The quantitative estimate of drug-likeness (QED) is 0.298. The number of hydrogen-bond donors (Lipinski definition) is 0. The van der Waals surface area contributed by atoms with Crippen LogP contribution in [-0.4, -0.2) is 65.3 Å². The van der Waals surface area contributed by atoms with E-state index in [4.69, 9.17) is 26.6 Å². The van der Waals surface area contributed by atoms with Gasteiger partial charge in [-0.1, -0.05) is 53.5 Å². The van der Waals surface area contributed by atoms with Crippen LogP contribution in [0.2, 0.25) is 6.55 Å². The first-order valence-corrected chi connectivity index (χ1v) is 17.9. The molecule has 0 aliphatic carbocycles. The molecule has 6 nitrogen and oxygen atoms in total. The highest BCUT2D eigenvalue weighted by Gasteiger charge is 2.41. The topological polar surface area (TPSA) is 55.4 Å². The van der Waals surface area contributed by atoms with Gasteiger partial charge in [0.25, 0.3) is 0 Å². The van der Waals surface area contributed by atoms with Gasteiger partial charge in [0.2, 0.25) is 0 Å². The van der Waals surface area contributed by atoms with Gasteiger partial charge in [0.05, 0.1) is 0 Å². The molecule has 0 heterocycles. The van der Waals surface area contributed by atoms with Crippen molar-refractivity contribution >= 4 is 30.9 Å². The molecular weight excluding hydrogens is 457 g/mol. The van der Waals surface area contributed by atoms with Crippen LogP contribution in [0.3, 0.4) is 0 Å². The van der Waals surface area contributed by atoms with Gasteiger partial charge in [-0.15, -0.1) is 0 Å². The maximum Gasteiger partial charge on any atom is 0.528 e. The Morgan fingerprint density at radius 2 is 0.844 bits per heavy atom. The van der Waals surface area contributed by atoms with Crippen LogP contribution in [0, 0.1) is 0 Å². The predicted octanol–water partition coefficient (Wildman–Crippen LogP) is 4.34.